The number of hydrogen-bond donors (Lipinski definition) is 0. The van der Waals surface area contributed by atoms with Gasteiger partial charge in [0.15, 0.2) is 14.9 Å². The predicted octanol–water partition coefficient (Wildman–Crippen LogP) is 3.39. The fraction of sp³-hybridized carbons (Fsp3) is 0.478. The van der Waals surface area contributed by atoms with Gasteiger partial charge >= 0.3 is 0 Å². The van der Waals surface area contributed by atoms with Crippen LogP contribution in [0.2, 0.25) is 0 Å². The van der Waals surface area contributed by atoms with Gasteiger partial charge in [-0.1, -0.05) is 20.8 Å². The van der Waals surface area contributed by atoms with Crippen LogP contribution in [-0.2, 0) is 36.4 Å². The van der Waals surface area contributed by atoms with E-state index in [0.29, 0.717) is 11.4 Å². The number of aromatic nitrogens is 3. The molecule has 0 aliphatic carbocycles. The molecule has 0 saturated carbocycles. The van der Waals surface area contributed by atoms with E-state index in [1.807, 2.05) is 0 Å². The summed E-state index contributed by atoms with van der Waals surface area (Å²) in [5, 5.41) is -0.202. The zero-order valence-corrected chi connectivity index (χ0v) is 20.9. The second-order valence-electron chi connectivity index (χ2n) is 9.61. The molecule has 10 heteroatoms. The Balaban J connectivity index is 1.76. The Bertz CT molecular complexity index is 1380. The maximum Gasteiger partial charge on any atom is 0.223 e. The lowest BCUT2D eigenvalue weighted by molar-refractivity contribution is 0.0611. The molecule has 1 aliphatic rings. The summed E-state index contributed by atoms with van der Waals surface area (Å²) in [5.41, 5.74) is 1.29. The Labute approximate surface area is 194 Å². The number of sulfone groups is 2. The highest BCUT2D eigenvalue weighted by molar-refractivity contribution is 7.91. The lowest BCUT2D eigenvalue weighted by atomic mass is 9.94. The number of ether oxygens (including phenoxy) is 1. The van der Waals surface area contributed by atoms with Gasteiger partial charge in [0.25, 0.3) is 0 Å². The highest BCUT2D eigenvalue weighted by atomic mass is 32.2. The number of imidazole rings is 1. The SMILES string of the molecule is CC(C)(C)c1nc2cc(S(=O)(=O)c3ccc(S(C)(=O)=O)cn3)ccc2n1CC1CCOCC1. The fourth-order valence-electron chi connectivity index (χ4n) is 4.09. The van der Waals surface area contributed by atoms with Gasteiger partial charge < -0.3 is 9.30 Å². The Kier molecular flexibility index (Phi) is 6.13. The van der Waals surface area contributed by atoms with E-state index in [1.54, 1.807) is 18.2 Å². The van der Waals surface area contributed by atoms with Crippen molar-refractivity contribution >= 4 is 30.7 Å². The summed E-state index contributed by atoms with van der Waals surface area (Å²) >= 11 is 0. The Hall–Kier alpha value is -2.30. The van der Waals surface area contributed by atoms with Crippen LogP contribution in [0.4, 0.5) is 0 Å². The van der Waals surface area contributed by atoms with E-state index >= 15 is 0 Å². The zero-order valence-electron chi connectivity index (χ0n) is 19.3. The molecule has 0 amide bonds. The highest BCUT2D eigenvalue weighted by Gasteiger charge is 2.27. The first kappa shape index (κ1) is 23.8. The molecule has 2 aromatic heterocycles. The smallest absolute Gasteiger partial charge is 0.223 e. The van der Waals surface area contributed by atoms with Gasteiger partial charge in [0.1, 0.15) is 5.82 Å². The summed E-state index contributed by atoms with van der Waals surface area (Å²) in [6, 6.07) is 7.42. The molecule has 1 saturated heterocycles. The number of pyridine rings is 1. The quantitative estimate of drug-likeness (QED) is 0.538. The van der Waals surface area contributed by atoms with E-state index in [-0.39, 0.29) is 20.2 Å². The van der Waals surface area contributed by atoms with Crippen LogP contribution in [0, 0.1) is 5.92 Å². The van der Waals surface area contributed by atoms with Crippen LogP contribution in [0.25, 0.3) is 11.0 Å². The summed E-state index contributed by atoms with van der Waals surface area (Å²) < 4.78 is 57.4. The third-order valence-corrected chi connectivity index (χ3v) is 8.66. The van der Waals surface area contributed by atoms with Gasteiger partial charge in [-0.3, -0.25) is 0 Å². The van der Waals surface area contributed by atoms with E-state index in [2.05, 4.69) is 30.3 Å². The first-order valence-electron chi connectivity index (χ1n) is 10.9. The minimum Gasteiger partial charge on any atom is -0.381 e. The number of hydrogen-bond acceptors (Lipinski definition) is 7. The van der Waals surface area contributed by atoms with Crippen molar-refractivity contribution in [1.82, 2.24) is 14.5 Å². The second kappa shape index (κ2) is 8.48. The molecular formula is C23H29N3O5S2. The van der Waals surface area contributed by atoms with Gasteiger partial charge in [0, 0.05) is 37.6 Å². The van der Waals surface area contributed by atoms with Crippen molar-refractivity contribution < 1.29 is 21.6 Å². The molecule has 0 atom stereocenters. The van der Waals surface area contributed by atoms with Crippen molar-refractivity contribution in [2.24, 2.45) is 5.92 Å². The van der Waals surface area contributed by atoms with Crippen LogP contribution < -0.4 is 0 Å². The largest absolute Gasteiger partial charge is 0.381 e. The zero-order chi connectivity index (χ0) is 24.0. The van der Waals surface area contributed by atoms with Crippen molar-refractivity contribution in [3.8, 4) is 0 Å². The second-order valence-corrected chi connectivity index (χ2v) is 13.5. The summed E-state index contributed by atoms with van der Waals surface area (Å²) in [7, 11) is -7.40. The Morgan fingerprint density at radius 3 is 2.27 bits per heavy atom. The van der Waals surface area contributed by atoms with E-state index in [1.165, 1.54) is 12.1 Å². The van der Waals surface area contributed by atoms with Gasteiger partial charge in [-0.15, -0.1) is 0 Å². The topological polar surface area (TPSA) is 108 Å². The summed E-state index contributed by atoms with van der Waals surface area (Å²) in [4.78, 5) is 8.78. The summed E-state index contributed by atoms with van der Waals surface area (Å²) in [6.45, 7) is 8.62. The first-order valence-corrected chi connectivity index (χ1v) is 14.2. The van der Waals surface area contributed by atoms with Crippen LogP contribution in [-0.4, -0.2) is 50.8 Å². The third kappa shape index (κ3) is 4.83. The molecule has 1 fully saturated rings. The molecule has 178 valence electrons. The number of benzene rings is 1. The molecule has 33 heavy (non-hydrogen) atoms. The Morgan fingerprint density at radius 2 is 1.70 bits per heavy atom. The number of rotatable bonds is 5. The molecule has 0 N–H and O–H groups in total. The lowest BCUT2D eigenvalue weighted by Crippen LogP contribution is -2.25. The van der Waals surface area contributed by atoms with Crippen LogP contribution in [0.1, 0.15) is 39.4 Å². The van der Waals surface area contributed by atoms with Crippen molar-refractivity contribution in [2.45, 2.75) is 60.4 Å². The van der Waals surface area contributed by atoms with Crippen LogP contribution >= 0.6 is 0 Å². The molecule has 8 nitrogen and oxygen atoms in total. The highest BCUT2D eigenvalue weighted by Crippen LogP contribution is 2.31. The molecule has 1 aromatic carbocycles. The molecule has 0 radical (unpaired) electrons. The number of fused-ring (bicyclic) bond motifs is 1. The van der Waals surface area contributed by atoms with E-state index in [9.17, 15) is 16.8 Å². The van der Waals surface area contributed by atoms with Crippen LogP contribution in [0.3, 0.4) is 0 Å². The fourth-order valence-corrected chi connectivity index (χ4v) is 5.84. The van der Waals surface area contributed by atoms with E-state index < -0.39 is 19.7 Å². The molecule has 3 aromatic rings. The minimum atomic E-state index is -3.93. The van der Waals surface area contributed by atoms with Gasteiger partial charge in [-0.2, -0.15) is 0 Å². The Morgan fingerprint density at radius 1 is 1.03 bits per heavy atom. The summed E-state index contributed by atoms with van der Waals surface area (Å²) in [5.74, 6) is 1.40. The number of nitrogens with zero attached hydrogens (tertiary/aromatic N) is 3. The van der Waals surface area contributed by atoms with E-state index in [0.717, 1.165) is 56.4 Å². The van der Waals surface area contributed by atoms with Gasteiger partial charge in [-0.25, -0.2) is 26.8 Å². The molecule has 3 heterocycles. The van der Waals surface area contributed by atoms with Gasteiger partial charge in [0.2, 0.25) is 9.84 Å². The monoisotopic (exact) mass is 491 g/mol. The maximum atomic E-state index is 13.2. The lowest BCUT2D eigenvalue weighted by Gasteiger charge is -2.26. The van der Waals surface area contributed by atoms with Gasteiger partial charge in [-0.05, 0) is 49.1 Å². The van der Waals surface area contributed by atoms with Crippen molar-refractivity contribution in [1.29, 1.82) is 0 Å². The first-order chi connectivity index (χ1) is 15.4. The minimum absolute atomic E-state index is 0.0291. The average Bonchev–Trinajstić information content (AvgIpc) is 3.12. The maximum absolute atomic E-state index is 13.2. The molecular weight excluding hydrogens is 462 g/mol. The van der Waals surface area contributed by atoms with Crippen molar-refractivity contribution in [3.05, 3.63) is 42.4 Å². The molecule has 1 aliphatic heterocycles. The van der Waals surface area contributed by atoms with E-state index in [4.69, 9.17) is 9.72 Å². The van der Waals surface area contributed by atoms with Gasteiger partial charge in [0.05, 0.1) is 20.8 Å². The molecule has 4 rings (SSSR count). The van der Waals surface area contributed by atoms with Crippen molar-refractivity contribution in [2.75, 3.05) is 19.5 Å². The third-order valence-electron chi connectivity index (χ3n) is 5.90. The van der Waals surface area contributed by atoms with Crippen LogP contribution in [0.15, 0.2) is 51.3 Å². The normalized spacial score (nSPS) is 16.4. The van der Waals surface area contributed by atoms with Crippen LogP contribution in [0.5, 0.6) is 0 Å². The predicted molar refractivity (Wildman–Crippen MR) is 125 cm³/mol. The standard InChI is InChI=1S/C23H29N3O5S2/c1-23(2,3)22-25-19-13-17(5-7-20(19)26(22)15-16-9-11-31-12-10-16)33(29,30)21-8-6-18(14-24-21)32(4,27)28/h5-8,13-14,16H,9-12,15H2,1-4H3. The molecule has 0 unspecified atom stereocenters. The molecule has 0 spiro atoms. The average molecular weight is 492 g/mol. The van der Waals surface area contributed by atoms with Crippen molar-refractivity contribution in [3.63, 3.8) is 0 Å². The molecule has 0 bridgehead atoms. The summed E-state index contributed by atoms with van der Waals surface area (Å²) in [6.07, 6.45) is 4.10.